The van der Waals surface area contributed by atoms with Gasteiger partial charge in [-0.1, -0.05) is 0 Å². The first-order valence-electron chi connectivity index (χ1n) is 7.95. The van der Waals surface area contributed by atoms with E-state index in [1.54, 1.807) is 6.20 Å². The molecule has 1 fully saturated rings. The van der Waals surface area contributed by atoms with E-state index < -0.39 is 0 Å². The molecule has 1 saturated heterocycles. The minimum atomic E-state index is 0.00251. The fourth-order valence-corrected chi connectivity index (χ4v) is 3.07. The van der Waals surface area contributed by atoms with E-state index in [0.29, 0.717) is 18.7 Å². The highest BCUT2D eigenvalue weighted by Crippen LogP contribution is 2.32. The quantitative estimate of drug-likeness (QED) is 0.847. The Hall–Kier alpha value is -2.50. The van der Waals surface area contributed by atoms with Crippen molar-refractivity contribution in [3.8, 4) is 0 Å². The molecule has 0 N–H and O–H groups in total. The Labute approximate surface area is 135 Å². The molecule has 2 aliphatic heterocycles. The maximum absolute atomic E-state index is 12.7. The van der Waals surface area contributed by atoms with Gasteiger partial charge in [-0.25, -0.2) is 9.97 Å². The predicted octanol–water partition coefficient (Wildman–Crippen LogP) is 1.85. The molecule has 2 aromatic heterocycles. The molecule has 0 spiro atoms. The van der Waals surface area contributed by atoms with Crippen LogP contribution < -0.4 is 4.90 Å². The van der Waals surface area contributed by atoms with Gasteiger partial charge in [0.05, 0.1) is 24.3 Å². The summed E-state index contributed by atoms with van der Waals surface area (Å²) < 4.78 is 0. The average molecular weight is 309 g/mol. The summed E-state index contributed by atoms with van der Waals surface area (Å²) >= 11 is 0. The number of nitrogens with zero attached hydrogens (tertiary/aromatic N) is 5. The number of anilines is 1. The van der Waals surface area contributed by atoms with Gasteiger partial charge in [-0.2, -0.15) is 0 Å². The van der Waals surface area contributed by atoms with Crippen molar-refractivity contribution in [1.29, 1.82) is 0 Å². The first-order chi connectivity index (χ1) is 11.1. The summed E-state index contributed by atoms with van der Waals surface area (Å²) in [6.45, 7) is 7.04. The number of fused-ring (bicyclic) bond motifs is 1. The zero-order chi connectivity index (χ0) is 16.0. The Balaban J connectivity index is 1.62. The fraction of sp³-hybridized carbons (Fsp3) is 0.412. The second kappa shape index (κ2) is 5.30. The van der Waals surface area contributed by atoms with Crippen molar-refractivity contribution in [3.63, 3.8) is 0 Å². The SMILES string of the molecule is Cc1ccc(C(=O)N2Cc3nc(C)nc(N4CCC4)c3C2)cn1. The third-order valence-corrected chi connectivity index (χ3v) is 4.47. The first kappa shape index (κ1) is 14.1. The van der Waals surface area contributed by atoms with Crippen LogP contribution in [0.1, 0.15) is 39.6 Å². The van der Waals surface area contributed by atoms with E-state index in [9.17, 15) is 4.79 Å². The largest absolute Gasteiger partial charge is 0.356 e. The molecule has 0 aromatic carbocycles. The van der Waals surface area contributed by atoms with Gasteiger partial charge in [0.25, 0.3) is 5.91 Å². The normalized spacial score (nSPS) is 16.3. The molecule has 6 nitrogen and oxygen atoms in total. The molecule has 0 saturated carbocycles. The first-order valence-corrected chi connectivity index (χ1v) is 7.95. The smallest absolute Gasteiger partial charge is 0.256 e. The molecule has 23 heavy (non-hydrogen) atoms. The monoisotopic (exact) mass is 309 g/mol. The van der Waals surface area contributed by atoms with E-state index >= 15 is 0 Å². The van der Waals surface area contributed by atoms with Gasteiger partial charge in [0.15, 0.2) is 0 Å². The summed E-state index contributed by atoms with van der Waals surface area (Å²) in [4.78, 5) is 30.2. The van der Waals surface area contributed by atoms with Crippen molar-refractivity contribution >= 4 is 11.7 Å². The maximum atomic E-state index is 12.7. The molecule has 118 valence electrons. The lowest BCUT2D eigenvalue weighted by Crippen LogP contribution is -2.38. The van der Waals surface area contributed by atoms with Gasteiger partial charge in [0.2, 0.25) is 0 Å². The van der Waals surface area contributed by atoms with Crippen molar-refractivity contribution in [3.05, 3.63) is 46.7 Å². The summed E-state index contributed by atoms with van der Waals surface area (Å²) in [6, 6.07) is 3.70. The zero-order valence-electron chi connectivity index (χ0n) is 13.4. The molecule has 0 aliphatic carbocycles. The van der Waals surface area contributed by atoms with Gasteiger partial charge < -0.3 is 9.80 Å². The van der Waals surface area contributed by atoms with E-state index in [1.807, 2.05) is 30.9 Å². The Morgan fingerprint density at radius 1 is 1.13 bits per heavy atom. The van der Waals surface area contributed by atoms with Crippen LogP contribution in [0.4, 0.5) is 5.82 Å². The predicted molar refractivity (Wildman–Crippen MR) is 86.2 cm³/mol. The summed E-state index contributed by atoms with van der Waals surface area (Å²) in [5.41, 5.74) is 3.61. The molecule has 2 aliphatic rings. The summed E-state index contributed by atoms with van der Waals surface area (Å²) in [6.07, 6.45) is 2.85. The topological polar surface area (TPSA) is 62.2 Å². The Kier molecular flexibility index (Phi) is 3.25. The second-order valence-electron chi connectivity index (χ2n) is 6.21. The lowest BCUT2D eigenvalue weighted by Gasteiger charge is -2.33. The van der Waals surface area contributed by atoms with Gasteiger partial charge in [-0.05, 0) is 32.4 Å². The lowest BCUT2D eigenvalue weighted by molar-refractivity contribution is 0.0750. The van der Waals surface area contributed by atoms with Gasteiger partial charge in [-0.15, -0.1) is 0 Å². The van der Waals surface area contributed by atoms with Gasteiger partial charge >= 0.3 is 0 Å². The number of pyridine rings is 1. The average Bonchev–Trinajstić information content (AvgIpc) is 2.89. The molecule has 4 heterocycles. The number of aryl methyl sites for hydroxylation is 2. The van der Waals surface area contributed by atoms with Crippen LogP contribution in [0.25, 0.3) is 0 Å². The summed E-state index contributed by atoms with van der Waals surface area (Å²) in [7, 11) is 0. The third-order valence-electron chi connectivity index (χ3n) is 4.47. The highest BCUT2D eigenvalue weighted by Gasteiger charge is 2.31. The standard InChI is InChI=1S/C17H19N5O/c1-11-4-5-13(8-18-11)17(23)22-9-14-15(10-22)19-12(2)20-16(14)21-6-3-7-21/h4-5,8H,3,6-7,9-10H2,1-2H3. The number of hydrogen-bond acceptors (Lipinski definition) is 5. The van der Waals surface area contributed by atoms with Gasteiger partial charge in [0.1, 0.15) is 11.6 Å². The van der Waals surface area contributed by atoms with E-state index in [2.05, 4.69) is 19.9 Å². The number of rotatable bonds is 2. The molecule has 2 aromatic rings. The molecule has 4 rings (SSSR count). The van der Waals surface area contributed by atoms with Crippen molar-refractivity contribution in [2.45, 2.75) is 33.4 Å². The van der Waals surface area contributed by atoms with Crippen LogP contribution in [0.5, 0.6) is 0 Å². The Morgan fingerprint density at radius 3 is 2.61 bits per heavy atom. The number of amides is 1. The summed E-state index contributed by atoms with van der Waals surface area (Å²) in [5.74, 6) is 1.79. The molecule has 0 bridgehead atoms. The maximum Gasteiger partial charge on any atom is 0.256 e. The molecule has 0 radical (unpaired) electrons. The fourth-order valence-electron chi connectivity index (χ4n) is 3.07. The van der Waals surface area contributed by atoms with Crippen LogP contribution in [0.3, 0.4) is 0 Å². The molecule has 6 heteroatoms. The van der Waals surface area contributed by atoms with Crippen molar-refractivity contribution < 1.29 is 4.79 Å². The third kappa shape index (κ3) is 2.44. The minimum absolute atomic E-state index is 0.00251. The molecular weight excluding hydrogens is 290 g/mol. The highest BCUT2D eigenvalue weighted by atomic mass is 16.2. The van der Waals surface area contributed by atoms with E-state index in [4.69, 9.17) is 0 Å². The number of carbonyl (C=O) groups is 1. The van der Waals surface area contributed by atoms with Crippen molar-refractivity contribution in [1.82, 2.24) is 19.9 Å². The van der Waals surface area contributed by atoms with Gasteiger partial charge in [-0.3, -0.25) is 9.78 Å². The van der Waals surface area contributed by atoms with E-state index in [1.165, 1.54) is 6.42 Å². The highest BCUT2D eigenvalue weighted by molar-refractivity contribution is 5.94. The molecule has 1 amide bonds. The number of hydrogen-bond donors (Lipinski definition) is 0. The lowest BCUT2D eigenvalue weighted by atomic mass is 10.1. The molecule has 0 unspecified atom stereocenters. The number of carbonyl (C=O) groups excluding carboxylic acids is 1. The van der Waals surface area contributed by atoms with Crippen LogP contribution in [0, 0.1) is 13.8 Å². The molecule has 0 atom stereocenters. The summed E-state index contributed by atoms with van der Waals surface area (Å²) in [5, 5.41) is 0. The molecular formula is C17H19N5O. The van der Waals surface area contributed by atoms with Gasteiger partial charge in [0, 0.05) is 30.5 Å². The van der Waals surface area contributed by atoms with Crippen LogP contribution in [0.15, 0.2) is 18.3 Å². The zero-order valence-corrected chi connectivity index (χ0v) is 13.4. The second-order valence-corrected chi connectivity index (χ2v) is 6.21. The van der Waals surface area contributed by atoms with Crippen LogP contribution in [-0.2, 0) is 13.1 Å². The van der Waals surface area contributed by atoms with Crippen LogP contribution in [-0.4, -0.2) is 38.8 Å². The van der Waals surface area contributed by atoms with Crippen LogP contribution >= 0.6 is 0 Å². The minimum Gasteiger partial charge on any atom is -0.356 e. The number of aromatic nitrogens is 3. The van der Waals surface area contributed by atoms with E-state index in [0.717, 1.165) is 41.7 Å². The van der Waals surface area contributed by atoms with Crippen molar-refractivity contribution in [2.24, 2.45) is 0 Å². The van der Waals surface area contributed by atoms with Crippen molar-refractivity contribution in [2.75, 3.05) is 18.0 Å². The van der Waals surface area contributed by atoms with Crippen LogP contribution in [0.2, 0.25) is 0 Å². The Bertz CT molecular complexity index is 767. The Morgan fingerprint density at radius 2 is 1.96 bits per heavy atom. The van der Waals surface area contributed by atoms with E-state index in [-0.39, 0.29) is 5.91 Å².